The SMILES string of the molecule is CC(C)NC(=S)N(CCN(C)C)Cc1cnc(S(=O)(=O)Cc2ccc(F)cc2)n1Cc1ccccc1. The summed E-state index contributed by atoms with van der Waals surface area (Å²) in [5.41, 5.74) is 2.20. The van der Waals surface area contributed by atoms with Gasteiger partial charge in [0.2, 0.25) is 15.0 Å². The standard InChI is InChI=1S/C26H34FN5O2S2/c1-20(2)29-25(35)31(15-14-30(3)4)18-24-16-28-26(32(24)17-21-8-6-5-7-9-21)36(33,34)19-22-10-12-23(27)13-11-22/h5-13,16,20H,14-15,17-19H2,1-4H3,(H,29,35). The van der Waals surface area contributed by atoms with Gasteiger partial charge in [-0.3, -0.25) is 0 Å². The number of benzene rings is 2. The zero-order valence-electron chi connectivity index (χ0n) is 21.2. The van der Waals surface area contributed by atoms with Gasteiger partial charge < -0.3 is 19.7 Å². The lowest BCUT2D eigenvalue weighted by Crippen LogP contribution is -2.45. The van der Waals surface area contributed by atoms with E-state index in [2.05, 4.69) is 15.2 Å². The maximum absolute atomic E-state index is 13.5. The molecular weight excluding hydrogens is 497 g/mol. The van der Waals surface area contributed by atoms with Crippen molar-refractivity contribution in [3.63, 3.8) is 0 Å². The molecule has 2 aromatic carbocycles. The maximum Gasteiger partial charge on any atom is 0.228 e. The molecule has 10 heteroatoms. The lowest BCUT2D eigenvalue weighted by Gasteiger charge is -2.29. The number of thiocarbonyl (C=S) groups is 1. The van der Waals surface area contributed by atoms with E-state index in [0.29, 0.717) is 30.3 Å². The molecule has 0 radical (unpaired) electrons. The summed E-state index contributed by atoms with van der Waals surface area (Å²) >= 11 is 5.67. The Labute approximate surface area is 218 Å². The third kappa shape index (κ3) is 7.84. The monoisotopic (exact) mass is 531 g/mol. The van der Waals surface area contributed by atoms with Crippen LogP contribution in [0.2, 0.25) is 0 Å². The first kappa shape index (κ1) is 27.8. The fourth-order valence-corrected chi connectivity index (χ4v) is 5.56. The number of nitrogens with one attached hydrogen (secondary N) is 1. The van der Waals surface area contributed by atoms with Crippen molar-refractivity contribution in [3.8, 4) is 0 Å². The van der Waals surface area contributed by atoms with Crippen molar-refractivity contribution in [2.24, 2.45) is 0 Å². The Morgan fingerprint density at radius 3 is 2.33 bits per heavy atom. The highest BCUT2D eigenvalue weighted by atomic mass is 32.2. The highest BCUT2D eigenvalue weighted by Crippen LogP contribution is 2.21. The Bertz CT molecular complexity index is 1240. The van der Waals surface area contributed by atoms with E-state index in [1.165, 1.54) is 24.3 Å². The molecule has 0 bridgehead atoms. The van der Waals surface area contributed by atoms with Gasteiger partial charge in [-0.1, -0.05) is 42.5 Å². The molecule has 0 aliphatic rings. The number of aromatic nitrogens is 2. The molecule has 7 nitrogen and oxygen atoms in total. The smallest absolute Gasteiger partial charge is 0.228 e. The van der Waals surface area contributed by atoms with Crippen molar-refractivity contribution < 1.29 is 12.8 Å². The second-order valence-corrected chi connectivity index (χ2v) is 11.6. The van der Waals surface area contributed by atoms with Gasteiger partial charge in [0.05, 0.1) is 30.7 Å². The second kappa shape index (κ2) is 12.4. The van der Waals surface area contributed by atoms with Crippen LogP contribution in [0.25, 0.3) is 0 Å². The van der Waals surface area contributed by atoms with Crippen LogP contribution in [0.1, 0.15) is 30.7 Å². The maximum atomic E-state index is 13.5. The number of sulfone groups is 1. The molecule has 3 rings (SSSR count). The molecule has 3 aromatic rings. The van der Waals surface area contributed by atoms with Crippen LogP contribution in [0.5, 0.6) is 0 Å². The van der Waals surface area contributed by atoms with Crippen molar-refractivity contribution in [1.82, 2.24) is 24.7 Å². The van der Waals surface area contributed by atoms with E-state index in [9.17, 15) is 12.8 Å². The quantitative estimate of drug-likeness (QED) is 0.379. The van der Waals surface area contributed by atoms with Crippen LogP contribution in [0.15, 0.2) is 66.0 Å². The summed E-state index contributed by atoms with van der Waals surface area (Å²) in [7, 11) is 0.191. The summed E-state index contributed by atoms with van der Waals surface area (Å²) in [6.45, 7) is 6.24. The predicted octanol–water partition coefficient (Wildman–Crippen LogP) is 3.69. The summed E-state index contributed by atoms with van der Waals surface area (Å²) < 4.78 is 42.0. The molecule has 0 aliphatic heterocycles. The lowest BCUT2D eigenvalue weighted by atomic mass is 10.2. The molecule has 0 unspecified atom stereocenters. The molecule has 0 atom stereocenters. The Balaban J connectivity index is 1.98. The van der Waals surface area contributed by atoms with Crippen LogP contribution in [-0.4, -0.2) is 66.1 Å². The van der Waals surface area contributed by atoms with E-state index in [0.717, 1.165) is 17.8 Å². The first-order valence-electron chi connectivity index (χ1n) is 11.8. The van der Waals surface area contributed by atoms with E-state index in [1.54, 1.807) is 10.8 Å². The minimum absolute atomic E-state index is 0.0130. The van der Waals surface area contributed by atoms with E-state index in [4.69, 9.17) is 12.2 Å². The molecule has 0 amide bonds. The van der Waals surface area contributed by atoms with Gasteiger partial charge >= 0.3 is 0 Å². The molecular formula is C26H34FN5O2S2. The summed E-state index contributed by atoms with van der Waals surface area (Å²) in [4.78, 5) is 8.47. The first-order chi connectivity index (χ1) is 17.0. The van der Waals surface area contributed by atoms with Gasteiger partial charge in [0, 0.05) is 19.1 Å². The Kier molecular flexibility index (Phi) is 9.58. The van der Waals surface area contributed by atoms with Crippen molar-refractivity contribution in [2.45, 2.75) is 43.9 Å². The third-order valence-electron chi connectivity index (χ3n) is 5.50. The van der Waals surface area contributed by atoms with Crippen LogP contribution in [0.3, 0.4) is 0 Å². The molecule has 1 aromatic heterocycles. The number of likely N-dealkylation sites (N-methyl/N-ethyl adjacent to an activating group) is 1. The molecule has 1 heterocycles. The van der Waals surface area contributed by atoms with Gasteiger partial charge in [0.1, 0.15) is 5.82 Å². The molecule has 0 saturated carbocycles. The van der Waals surface area contributed by atoms with Gasteiger partial charge in [-0.25, -0.2) is 17.8 Å². The highest BCUT2D eigenvalue weighted by molar-refractivity contribution is 7.90. The van der Waals surface area contributed by atoms with Crippen LogP contribution in [0.4, 0.5) is 4.39 Å². The predicted molar refractivity (Wildman–Crippen MR) is 145 cm³/mol. The largest absolute Gasteiger partial charge is 0.360 e. The third-order valence-corrected chi connectivity index (χ3v) is 7.47. The lowest BCUT2D eigenvalue weighted by molar-refractivity contribution is 0.316. The summed E-state index contributed by atoms with van der Waals surface area (Å²) in [5, 5.41) is 3.88. The molecule has 194 valence electrons. The van der Waals surface area contributed by atoms with Gasteiger partial charge in [0.25, 0.3) is 0 Å². The van der Waals surface area contributed by atoms with E-state index in [1.807, 2.05) is 63.2 Å². The highest BCUT2D eigenvalue weighted by Gasteiger charge is 2.25. The topological polar surface area (TPSA) is 70.5 Å². The molecule has 0 aliphatic carbocycles. The van der Waals surface area contributed by atoms with Gasteiger partial charge in [-0.2, -0.15) is 0 Å². The van der Waals surface area contributed by atoms with E-state index in [-0.39, 0.29) is 17.0 Å². The number of hydrogen-bond donors (Lipinski definition) is 1. The van der Waals surface area contributed by atoms with Crippen molar-refractivity contribution in [1.29, 1.82) is 0 Å². The second-order valence-electron chi connectivity index (χ2n) is 9.32. The van der Waals surface area contributed by atoms with Gasteiger partial charge in [-0.05, 0) is 63.4 Å². The zero-order valence-corrected chi connectivity index (χ0v) is 22.8. The van der Waals surface area contributed by atoms with Crippen LogP contribution >= 0.6 is 12.2 Å². The van der Waals surface area contributed by atoms with Crippen LogP contribution in [-0.2, 0) is 28.7 Å². The minimum atomic E-state index is -3.80. The Hall–Kier alpha value is -2.82. The summed E-state index contributed by atoms with van der Waals surface area (Å²) in [6, 6.07) is 15.3. The Morgan fingerprint density at radius 1 is 1.06 bits per heavy atom. The number of halogens is 1. The fraction of sp³-hybridized carbons (Fsp3) is 0.385. The van der Waals surface area contributed by atoms with Crippen molar-refractivity contribution in [3.05, 3.63) is 83.4 Å². The minimum Gasteiger partial charge on any atom is -0.360 e. The number of nitrogens with zero attached hydrogens (tertiary/aromatic N) is 4. The van der Waals surface area contributed by atoms with E-state index >= 15 is 0 Å². The summed E-state index contributed by atoms with van der Waals surface area (Å²) in [5.74, 6) is -0.677. The molecule has 36 heavy (non-hydrogen) atoms. The van der Waals surface area contributed by atoms with Gasteiger partial charge in [-0.15, -0.1) is 0 Å². The fourth-order valence-electron chi connectivity index (χ4n) is 3.67. The molecule has 0 saturated heterocycles. The molecule has 0 fully saturated rings. The summed E-state index contributed by atoms with van der Waals surface area (Å²) in [6.07, 6.45) is 1.61. The number of hydrogen-bond acceptors (Lipinski definition) is 5. The van der Waals surface area contributed by atoms with Crippen molar-refractivity contribution in [2.75, 3.05) is 27.2 Å². The van der Waals surface area contributed by atoms with E-state index < -0.39 is 15.7 Å². The first-order valence-corrected chi connectivity index (χ1v) is 13.9. The molecule has 1 N–H and O–H groups in total. The molecule has 0 spiro atoms. The number of imidazole rings is 1. The normalized spacial score (nSPS) is 11.8. The number of rotatable bonds is 11. The van der Waals surface area contributed by atoms with Crippen molar-refractivity contribution >= 4 is 27.2 Å². The Morgan fingerprint density at radius 2 is 1.72 bits per heavy atom. The average molecular weight is 532 g/mol. The van der Waals surface area contributed by atoms with Crippen LogP contribution < -0.4 is 5.32 Å². The zero-order chi connectivity index (χ0) is 26.3. The average Bonchev–Trinajstić information content (AvgIpc) is 3.21. The van der Waals surface area contributed by atoms with Gasteiger partial charge in [0.15, 0.2) is 5.11 Å². The van der Waals surface area contributed by atoms with Crippen LogP contribution in [0, 0.1) is 5.82 Å².